The molecular weight excluding hydrogens is 293 g/mol. The predicted octanol–water partition coefficient (Wildman–Crippen LogP) is 3.56. The molecule has 1 amide bonds. The number of nitrogens with two attached hydrogens (primary N) is 1. The molecule has 0 aliphatic carbocycles. The Hall–Kier alpha value is -2.33. The molecule has 2 N–H and O–H groups in total. The number of hydrogen-bond donors (Lipinski definition) is 1. The van der Waals surface area contributed by atoms with Crippen molar-refractivity contribution in [1.29, 1.82) is 0 Å². The van der Waals surface area contributed by atoms with Gasteiger partial charge in [0.15, 0.2) is 0 Å². The third kappa shape index (κ3) is 4.33. The molecule has 0 spiro atoms. The van der Waals surface area contributed by atoms with E-state index in [2.05, 4.69) is 0 Å². The van der Waals surface area contributed by atoms with Crippen molar-refractivity contribution in [2.24, 2.45) is 5.73 Å². The lowest BCUT2D eigenvalue weighted by molar-refractivity contribution is -0.113. The molecule has 0 heterocycles. The van der Waals surface area contributed by atoms with Crippen LogP contribution in [0.4, 0.5) is 4.39 Å². The van der Waals surface area contributed by atoms with Crippen LogP contribution in [0.15, 0.2) is 48.5 Å². The molecule has 0 bridgehead atoms. The highest BCUT2D eigenvalue weighted by molar-refractivity contribution is 6.31. The van der Waals surface area contributed by atoms with Gasteiger partial charge in [-0.25, -0.2) is 4.39 Å². The smallest absolute Gasteiger partial charge is 0.241 e. The molecule has 0 atom stereocenters. The summed E-state index contributed by atoms with van der Waals surface area (Å²) in [5, 5.41) is 0.330. The van der Waals surface area contributed by atoms with Crippen LogP contribution in [0.1, 0.15) is 11.1 Å². The van der Waals surface area contributed by atoms with Gasteiger partial charge in [0.05, 0.1) is 5.02 Å². The largest absolute Gasteiger partial charge is 0.489 e. The lowest BCUT2D eigenvalue weighted by Gasteiger charge is -2.08. The maximum Gasteiger partial charge on any atom is 0.241 e. The van der Waals surface area contributed by atoms with E-state index < -0.39 is 11.7 Å². The molecule has 0 aromatic heterocycles. The van der Waals surface area contributed by atoms with Gasteiger partial charge in [-0.15, -0.1) is 0 Å². The molecule has 0 fully saturated rings. The predicted molar refractivity (Wildman–Crippen MR) is 80.4 cm³/mol. The van der Waals surface area contributed by atoms with Gasteiger partial charge in [0, 0.05) is 11.6 Å². The lowest BCUT2D eigenvalue weighted by Crippen LogP contribution is -2.05. The molecular formula is C16H13ClFNO2. The second-order valence-corrected chi connectivity index (χ2v) is 4.70. The van der Waals surface area contributed by atoms with Crippen LogP contribution in [0.2, 0.25) is 5.02 Å². The number of benzene rings is 2. The highest BCUT2D eigenvalue weighted by Crippen LogP contribution is 2.21. The second-order valence-electron chi connectivity index (χ2n) is 4.29. The van der Waals surface area contributed by atoms with E-state index in [9.17, 15) is 9.18 Å². The minimum atomic E-state index is -0.510. The average Bonchev–Trinajstić information content (AvgIpc) is 2.46. The van der Waals surface area contributed by atoms with Crippen molar-refractivity contribution in [2.45, 2.75) is 6.61 Å². The first kappa shape index (κ1) is 15.1. The Kier molecular flexibility index (Phi) is 4.95. The molecule has 2 rings (SSSR count). The number of carbonyl (C=O) groups excluding carboxylic acids is 1. The fourth-order valence-corrected chi connectivity index (χ4v) is 1.90. The summed E-state index contributed by atoms with van der Waals surface area (Å²) in [6.07, 6.45) is 2.87. The quantitative estimate of drug-likeness (QED) is 0.859. The normalized spacial score (nSPS) is 10.8. The maximum atomic E-state index is 13.6. The monoisotopic (exact) mass is 305 g/mol. The van der Waals surface area contributed by atoms with E-state index in [0.717, 1.165) is 5.56 Å². The highest BCUT2D eigenvalue weighted by Gasteiger charge is 2.07. The lowest BCUT2D eigenvalue weighted by atomic mass is 10.2. The summed E-state index contributed by atoms with van der Waals surface area (Å²) in [7, 11) is 0. The van der Waals surface area contributed by atoms with Crippen molar-refractivity contribution in [3.8, 4) is 5.75 Å². The average molecular weight is 306 g/mol. The first-order valence-electron chi connectivity index (χ1n) is 6.19. The van der Waals surface area contributed by atoms with Crippen molar-refractivity contribution >= 4 is 23.6 Å². The summed E-state index contributed by atoms with van der Waals surface area (Å²) in [6, 6.07) is 11.4. The van der Waals surface area contributed by atoms with Gasteiger partial charge in [-0.1, -0.05) is 29.8 Å². The molecule has 0 radical (unpaired) electrons. The van der Waals surface area contributed by atoms with Gasteiger partial charge in [-0.05, 0) is 35.9 Å². The van der Waals surface area contributed by atoms with Crippen LogP contribution in [0.3, 0.4) is 0 Å². The summed E-state index contributed by atoms with van der Waals surface area (Å²) in [6.45, 7) is 0.0436. The van der Waals surface area contributed by atoms with Crippen molar-refractivity contribution in [3.63, 3.8) is 0 Å². The van der Waals surface area contributed by atoms with Gasteiger partial charge in [0.1, 0.15) is 18.2 Å². The Bertz CT molecular complexity index is 648. The SMILES string of the molecule is NC(=O)/C=C\c1ccc(OCc2c(F)cccc2Cl)cc1. The number of hydrogen-bond acceptors (Lipinski definition) is 2. The zero-order valence-corrected chi connectivity index (χ0v) is 11.8. The van der Waals surface area contributed by atoms with E-state index in [1.54, 1.807) is 42.5 Å². The van der Waals surface area contributed by atoms with Crippen molar-refractivity contribution < 1.29 is 13.9 Å². The Morgan fingerprint density at radius 2 is 1.95 bits per heavy atom. The minimum Gasteiger partial charge on any atom is -0.489 e. The van der Waals surface area contributed by atoms with E-state index in [1.807, 2.05) is 0 Å². The van der Waals surface area contributed by atoms with Crippen LogP contribution in [-0.4, -0.2) is 5.91 Å². The maximum absolute atomic E-state index is 13.6. The molecule has 21 heavy (non-hydrogen) atoms. The number of halogens is 2. The van der Waals surface area contributed by atoms with Gasteiger partial charge >= 0.3 is 0 Å². The van der Waals surface area contributed by atoms with Gasteiger partial charge in [0.25, 0.3) is 0 Å². The molecule has 0 aliphatic rings. The van der Waals surface area contributed by atoms with Crippen molar-refractivity contribution in [3.05, 3.63) is 70.5 Å². The number of primary amides is 1. The minimum absolute atomic E-state index is 0.0436. The summed E-state index contributed by atoms with van der Waals surface area (Å²) < 4.78 is 19.1. The topological polar surface area (TPSA) is 52.3 Å². The van der Waals surface area contributed by atoms with Crippen LogP contribution in [-0.2, 0) is 11.4 Å². The molecule has 3 nitrogen and oxygen atoms in total. The first-order valence-corrected chi connectivity index (χ1v) is 6.57. The fourth-order valence-electron chi connectivity index (χ4n) is 1.68. The second kappa shape index (κ2) is 6.90. The fraction of sp³-hybridized carbons (Fsp3) is 0.0625. The molecule has 0 saturated heterocycles. The zero-order valence-electron chi connectivity index (χ0n) is 11.1. The van der Waals surface area contributed by atoms with Crippen LogP contribution >= 0.6 is 11.6 Å². The van der Waals surface area contributed by atoms with E-state index in [-0.39, 0.29) is 6.61 Å². The summed E-state index contributed by atoms with van der Waals surface area (Å²) >= 11 is 5.92. The summed E-state index contributed by atoms with van der Waals surface area (Å²) in [5.74, 6) is -0.335. The standard InChI is InChI=1S/C16H13ClFNO2/c17-14-2-1-3-15(18)13(14)10-21-12-7-4-11(5-8-12)6-9-16(19)20/h1-9H,10H2,(H2,19,20)/b9-6-. The molecule has 0 aliphatic heterocycles. The highest BCUT2D eigenvalue weighted by atomic mass is 35.5. The Morgan fingerprint density at radius 3 is 2.57 bits per heavy atom. The Morgan fingerprint density at radius 1 is 1.24 bits per heavy atom. The van der Waals surface area contributed by atoms with Gasteiger partial charge < -0.3 is 10.5 Å². The van der Waals surface area contributed by atoms with E-state index in [0.29, 0.717) is 16.3 Å². The van der Waals surface area contributed by atoms with Crippen LogP contribution < -0.4 is 10.5 Å². The zero-order chi connectivity index (χ0) is 15.2. The molecule has 0 saturated carbocycles. The van der Waals surface area contributed by atoms with E-state index in [4.69, 9.17) is 22.1 Å². The first-order chi connectivity index (χ1) is 10.1. The van der Waals surface area contributed by atoms with Crippen LogP contribution in [0.25, 0.3) is 6.08 Å². The van der Waals surface area contributed by atoms with E-state index >= 15 is 0 Å². The Labute approximate surface area is 126 Å². The van der Waals surface area contributed by atoms with Crippen LogP contribution in [0, 0.1) is 5.82 Å². The van der Waals surface area contributed by atoms with Gasteiger partial charge in [-0.2, -0.15) is 0 Å². The molecule has 108 valence electrons. The van der Waals surface area contributed by atoms with Crippen molar-refractivity contribution in [1.82, 2.24) is 0 Å². The summed E-state index contributed by atoms with van der Waals surface area (Å²) in [4.78, 5) is 10.6. The summed E-state index contributed by atoms with van der Waals surface area (Å²) in [5.41, 5.74) is 6.14. The molecule has 5 heteroatoms. The number of carbonyl (C=O) groups is 1. The van der Waals surface area contributed by atoms with Gasteiger partial charge in [0.2, 0.25) is 5.91 Å². The third-order valence-corrected chi connectivity index (χ3v) is 3.12. The molecule has 2 aromatic carbocycles. The van der Waals surface area contributed by atoms with Crippen LogP contribution in [0.5, 0.6) is 5.75 Å². The van der Waals surface area contributed by atoms with Crippen molar-refractivity contribution in [2.75, 3.05) is 0 Å². The number of amides is 1. The molecule has 0 unspecified atom stereocenters. The van der Waals surface area contributed by atoms with Gasteiger partial charge in [-0.3, -0.25) is 4.79 Å². The molecule has 2 aromatic rings. The van der Waals surface area contributed by atoms with E-state index in [1.165, 1.54) is 12.1 Å². The number of rotatable bonds is 5. The Balaban J connectivity index is 2.02. The number of ether oxygens (including phenoxy) is 1. The third-order valence-electron chi connectivity index (χ3n) is 2.77.